The van der Waals surface area contributed by atoms with Crippen molar-refractivity contribution in [2.45, 2.75) is 57.2 Å². The maximum Gasteiger partial charge on any atom is 0.490 e. The number of amides is 2. The maximum absolute atomic E-state index is 13.3. The topological polar surface area (TPSA) is 99.2 Å². The van der Waals surface area contributed by atoms with Gasteiger partial charge in [-0.15, -0.1) is 0 Å². The van der Waals surface area contributed by atoms with Gasteiger partial charge in [0.25, 0.3) is 5.91 Å². The molecule has 1 aliphatic heterocycles. The summed E-state index contributed by atoms with van der Waals surface area (Å²) in [6.45, 7) is 3.70. The second kappa shape index (κ2) is 13.9. The van der Waals surface area contributed by atoms with Gasteiger partial charge >= 0.3 is 12.1 Å². The van der Waals surface area contributed by atoms with E-state index in [1.807, 2.05) is 28.0 Å². The zero-order valence-electron chi connectivity index (χ0n) is 20.0. The quantitative estimate of drug-likeness (QED) is 0.581. The molecule has 0 aromatic heterocycles. The number of rotatable bonds is 6. The van der Waals surface area contributed by atoms with Gasteiger partial charge in [-0.1, -0.05) is 31.7 Å². The summed E-state index contributed by atoms with van der Waals surface area (Å²) in [5.74, 6) is -1.91. The fourth-order valence-corrected chi connectivity index (χ4v) is 4.23. The van der Waals surface area contributed by atoms with Gasteiger partial charge in [0.05, 0.1) is 7.11 Å². The average molecular weight is 502 g/mol. The predicted octanol–water partition coefficient (Wildman–Crippen LogP) is 3.32. The van der Waals surface area contributed by atoms with Gasteiger partial charge in [-0.05, 0) is 31.0 Å². The summed E-state index contributed by atoms with van der Waals surface area (Å²) in [6.07, 6.45) is 2.13. The Labute approximate surface area is 203 Å². The third-order valence-corrected chi connectivity index (χ3v) is 6.12. The Balaban J connectivity index is 0.000000540. The number of aliphatic carboxylic acids is 1. The molecular formula is C24H34F3N3O5. The number of hydrogen-bond acceptors (Lipinski definition) is 5. The molecule has 11 heteroatoms. The van der Waals surface area contributed by atoms with Crippen molar-refractivity contribution in [3.8, 4) is 5.75 Å². The number of carbonyl (C=O) groups excluding carboxylic acids is 2. The molecule has 0 unspecified atom stereocenters. The Morgan fingerprint density at radius 3 is 2.26 bits per heavy atom. The van der Waals surface area contributed by atoms with E-state index >= 15 is 0 Å². The molecule has 2 N–H and O–H groups in total. The van der Waals surface area contributed by atoms with Crippen LogP contribution in [0.1, 0.15) is 55.3 Å². The number of methoxy groups -OCH3 is 1. The van der Waals surface area contributed by atoms with Crippen LogP contribution in [0, 0.1) is 0 Å². The Bertz CT molecular complexity index is 836. The molecule has 2 fully saturated rings. The number of halogens is 3. The molecule has 1 saturated carbocycles. The standard InChI is InChI=1S/C22H33N3O3.C2HF3O2/c1-28-20-10-6-7-18(17-20)22(27)25(19-8-4-2-3-5-9-19)14-11-21(26)24-15-12-23-13-16-24;3-2(4,5)1(6)7/h6-7,10,17,19,23H,2-5,8-9,11-16H2,1H3;(H,6,7). The molecule has 1 heterocycles. The highest BCUT2D eigenvalue weighted by Gasteiger charge is 2.38. The molecule has 1 aliphatic carbocycles. The van der Waals surface area contributed by atoms with Crippen LogP contribution >= 0.6 is 0 Å². The van der Waals surface area contributed by atoms with Crippen LogP contribution in [0.2, 0.25) is 0 Å². The van der Waals surface area contributed by atoms with E-state index in [0.717, 1.165) is 51.9 Å². The highest BCUT2D eigenvalue weighted by Crippen LogP contribution is 2.25. The van der Waals surface area contributed by atoms with Gasteiger partial charge in [0.15, 0.2) is 0 Å². The van der Waals surface area contributed by atoms with Crippen LogP contribution in [-0.2, 0) is 9.59 Å². The zero-order valence-corrected chi connectivity index (χ0v) is 20.0. The van der Waals surface area contributed by atoms with Crippen molar-refractivity contribution in [3.05, 3.63) is 29.8 Å². The number of hydrogen-bond donors (Lipinski definition) is 2. The molecule has 8 nitrogen and oxygen atoms in total. The van der Waals surface area contributed by atoms with E-state index in [0.29, 0.717) is 24.3 Å². The second-order valence-corrected chi connectivity index (χ2v) is 8.56. The smallest absolute Gasteiger partial charge is 0.490 e. The van der Waals surface area contributed by atoms with Crippen molar-refractivity contribution in [2.75, 3.05) is 39.8 Å². The van der Waals surface area contributed by atoms with Crippen LogP contribution in [0.15, 0.2) is 24.3 Å². The van der Waals surface area contributed by atoms with E-state index in [-0.39, 0.29) is 17.9 Å². The number of piperazine rings is 1. The molecule has 35 heavy (non-hydrogen) atoms. The number of nitrogens with zero attached hydrogens (tertiary/aromatic N) is 2. The minimum atomic E-state index is -5.08. The summed E-state index contributed by atoms with van der Waals surface area (Å²) < 4.78 is 37.0. The summed E-state index contributed by atoms with van der Waals surface area (Å²) in [7, 11) is 1.61. The van der Waals surface area contributed by atoms with Crippen LogP contribution in [0.3, 0.4) is 0 Å². The van der Waals surface area contributed by atoms with Gasteiger partial charge in [-0.3, -0.25) is 9.59 Å². The summed E-state index contributed by atoms with van der Waals surface area (Å²) in [5.41, 5.74) is 0.637. The SMILES string of the molecule is COc1cccc(C(=O)N(CCC(=O)N2CCNCC2)C2CCCCCC2)c1.O=C(O)C(F)(F)F. The van der Waals surface area contributed by atoms with Crippen LogP contribution in [-0.4, -0.2) is 84.7 Å². The Morgan fingerprint density at radius 2 is 1.71 bits per heavy atom. The lowest BCUT2D eigenvalue weighted by molar-refractivity contribution is -0.192. The van der Waals surface area contributed by atoms with Crippen molar-refractivity contribution in [1.29, 1.82) is 0 Å². The minimum Gasteiger partial charge on any atom is -0.497 e. The number of carbonyl (C=O) groups is 3. The first-order valence-electron chi connectivity index (χ1n) is 11.9. The van der Waals surface area contributed by atoms with Crippen LogP contribution in [0.4, 0.5) is 13.2 Å². The van der Waals surface area contributed by atoms with Crippen molar-refractivity contribution in [3.63, 3.8) is 0 Å². The normalized spacial score (nSPS) is 17.0. The number of carboxylic acid groups (broad SMARTS) is 1. The monoisotopic (exact) mass is 501 g/mol. The summed E-state index contributed by atoms with van der Waals surface area (Å²) >= 11 is 0. The highest BCUT2D eigenvalue weighted by atomic mass is 19.4. The summed E-state index contributed by atoms with van der Waals surface area (Å²) in [4.78, 5) is 38.8. The Hall–Kier alpha value is -2.82. The predicted molar refractivity (Wildman–Crippen MR) is 123 cm³/mol. The van der Waals surface area contributed by atoms with E-state index in [2.05, 4.69) is 5.32 Å². The number of benzene rings is 1. The van der Waals surface area contributed by atoms with Gasteiger partial charge in [0.1, 0.15) is 5.75 Å². The number of ether oxygens (including phenoxy) is 1. The van der Waals surface area contributed by atoms with Crippen LogP contribution in [0.5, 0.6) is 5.75 Å². The molecule has 2 amide bonds. The summed E-state index contributed by atoms with van der Waals surface area (Å²) in [5, 5.41) is 10.4. The number of carboxylic acids is 1. The minimum absolute atomic E-state index is 0.0129. The molecule has 196 valence electrons. The third kappa shape index (κ3) is 9.39. The van der Waals surface area contributed by atoms with Gasteiger partial charge in [-0.2, -0.15) is 13.2 Å². The largest absolute Gasteiger partial charge is 0.497 e. The molecular weight excluding hydrogens is 467 g/mol. The van der Waals surface area contributed by atoms with Crippen LogP contribution < -0.4 is 10.1 Å². The third-order valence-electron chi connectivity index (χ3n) is 6.12. The van der Waals surface area contributed by atoms with Gasteiger partial charge in [0.2, 0.25) is 5.91 Å². The zero-order chi connectivity index (χ0) is 25.8. The van der Waals surface area contributed by atoms with E-state index < -0.39 is 12.1 Å². The lowest BCUT2D eigenvalue weighted by Gasteiger charge is -2.33. The molecule has 0 spiro atoms. The van der Waals surface area contributed by atoms with E-state index in [9.17, 15) is 22.8 Å². The fourth-order valence-electron chi connectivity index (χ4n) is 4.23. The fraction of sp³-hybridized carbons (Fsp3) is 0.625. The molecule has 0 radical (unpaired) electrons. The average Bonchev–Trinajstić information content (AvgIpc) is 3.14. The molecule has 0 bridgehead atoms. The van der Waals surface area contributed by atoms with Crippen molar-refractivity contribution >= 4 is 17.8 Å². The van der Waals surface area contributed by atoms with E-state index in [1.165, 1.54) is 12.8 Å². The highest BCUT2D eigenvalue weighted by molar-refractivity contribution is 5.95. The van der Waals surface area contributed by atoms with E-state index in [1.54, 1.807) is 13.2 Å². The van der Waals surface area contributed by atoms with Gasteiger partial charge < -0.3 is 25.0 Å². The molecule has 1 aromatic carbocycles. The van der Waals surface area contributed by atoms with Gasteiger partial charge in [0, 0.05) is 50.7 Å². The Morgan fingerprint density at radius 1 is 1.11 bits per heavy atom. The molecule has 1 saturated heterocycles. The number of alkyl halides is 3. The van der Waals surface area contributed by atoms with Crippen molar-refractivity contribution < 1.29 is 37.4 Å². The summed E-state index contributed by atoms with van der Waals surface area (Å²) in [6, 6.07) is 7.55. The number of nitrogens with one attached hydrogen (secondary N) is 1. The van der Waals surface area contributed by atoms with E-state index in [4.69, 9.17) is 14.6 Å². The molecule has 0 atom stereocenters. The van der Waals surface area contributed by atoms with Crippen molar-refractivity contribution in [1.82, 2.24) is 15.1 Å². The van der Waals surface area contributed by atoms with Crippen molar-refractivity contribution in [2.24, 2.45) is 0 Å². The molecule has 1 aromatic rings. The lowest BCUT2D eigenvalue weighted by Crippen LogP contribution is -2.48. The maximum atomic E-state index is 13.3. The molecule has 2 aliphatic rings. The molecule has 3 rings (SSSR count). The second-order valence-electron chi connectivity index (χ2n) is 8.56. The Kier molecular flexibility index (Phi) is 11.3. The van der Waals surface area contributed by atoms with Crippen LogP contribution in [0.25, 0.3) is 0 Å². The first-order valence-corrected chi connectivity index (χ1v) is 11.9. The van der Waals surface area contributed by atoms with Gasteiger partial charge in [-0.25, -0.2) is 4.79 Å². The lowest BCUT2D eigenvalue weighted by atomic mass is 10.0. The first kappa shape index (κ1) is 28.4. The first-order chi connectivity index (χ1) is 16.6.